The van der Waals surface area contributed by atoms with Crippen LogP contribution < -0.4 is 5.14 Å². The first kappa shape index (κ1) is 17.3. The van der Waals surface area contributed by atoms with E-state index in [-0.39, 0.29) is 11.4 Å². The Morgan fingerprint density at radius 1 is 1.40 bits per heavy atom. The van der Waals surface area contributed by atoms with E-state index in [9.17, 15) is 13.4 Å². The molecule has 0 spiro atoms. The van der Waals surface area contributed by atoms with Crippen LogP contribution in [0.25, 0.3) is 0 Å². The van der Waals surface area contributed by atoms with Crippen molar-refractivity contribution in [3.63, 3.8) is 0 Å². The number of halogens is 2. The van der Waals surface area contributed by atoms with E-state index in [1.54, 1.807) is 32.9 Å². The second-order valence-corrected chi connectivity index (χ2v) is 7.84. The Morgan fingerprint density at radius 3 is 2.50 bits per heavy atom. The number of hydrogen-bond donors (Lipinski definition) is 1. The van der Waals surface area contributed by atoms with Crippen molar-refractivity contribution >= 4 is 28.9 Å². The molecule has 1 aromatic carbocycles. The van der Waals surface area contributed by atoms with Crippen molar-refractivity contribution in [1.82, 2.24) is 0 Å². The number of carbonyl (C=O) groups is 1. The van der Waals surface area contributed by atoms with E-state index in [0.29, 0.717) is 12.0 Å². The highest BCUT2D eigenvalue weighted by Crippen LogP contribution is 2.40. The van der Waals surface area contributed by atoms with Crippen LogP contribution in [0.2, 0.25) is 5.02 Å². The number of nitrogens with two attached hydrogens (primary N) is 1. The predicted octanol–water partition coefficient (Wildman–Crippen LogP) is 3.12. The zero-order chi connectivity index (χ0) is 15.6. The van der Waals surface area contributed by atoms with Crippen molar-refractivity contribution in [2.75, 3.05) is 0 Å². The van der Waals surface area contributed by atoms with E-state index in [0.717, 1.165) is 6.29 Å². The third kappa shape index (κ3) is 3.65. The van der Waals surface area contributed by atoms with Gasteiger partial charge in [-0.25, -0.2) is 8.60 Å². The van der Waals surface area contributed by atoms with E-state index in [1.807, 2.05) is 0 Å². The lowest BCUT2D eigenvalue weighted by Gasteiger charge is -2.36. The summed E-state index contributed by atoms with van der Waals surface area (Å²) >= 11 is 6.02. The van der Waals surface area contributed by atoms with Crippen molar-refractivity contribution in [3.8, 4) is 0 Å². The van der Waals surface area contributed by atoms with Crippen LogP contribution in [0.4, 0.5) is 4.39 Å². The van der Waals surface area contributed by atoms with Crippen molar-refractivity contribution in [3.05, 3.63) is 34.6 Å². The van der Waals surface area contributed by atoms with Gasteiger partial charge in [-0.05, 0) is 31.9 Å². The van der Waals surface area contributed by atoms with E-state index in [4.69, 9.17) is 16.7 Å². The van der Waals surface area contributed by atoms with Gasteiger partial charge in [-0.15, -0.1) is 0 Å². The van der Waals surface area contributed by atoms with Crippen LogP contribution in [0.3, 0.4) is 0 Å². The highest BCUT2D eigenvalue weighted by Gasteiger charge is 2.38. The quantitative estimate of drug-likeness (QED) is 0.819. The van der Waals surface area contributed by atoms with E-state index in [1.165, 1.54) is 6.07 Å². The number of aldehydes is 1. The molecule has 2 atom stereocenters. The number of benzene rings is 1. The number of hydrogen-bond acceptors (Lipinski definition) is 2. The summed E-state index contributed by atoms with van der Waals surface area (Å²) in [5.74, 6) is -0.534. The lowest BCUT2D eigenvalue weighted by atomic mass is 9.73. The van der Waals surface area contributed by atoms with Gasteiger partial charge in [0.2, 0.25) is 0 Å². The zero-order valence-electron chi connectivity index (χ0n) is 11.8. The molecule has 0 fully saturated rings. The lowest BCUT2D eigenvalue weighted by Crippen LogP contribution is -2.40. The van der Waals surface area contributed by atoms with Crippen LogP contribution in [0.5, 0.6) is 0 Å². The summed E-state index contributed by atoms with van der Waals surface area (Å²) in [6.07, 6.45) is 1.26. The van der Waals surface area contributed by atoms with Crippen LogP contribution in [0, 0.1) is 5.82 Å². The van der Waals surface area contributed by atoms with E-state index in [2.05, 4.69) is 0 Å². The summed E-state index contributed by atoms with van der Waals surface area (Å²) in [7, 11) is -1.56. The molecule has 0 heterocycles. The molecule has 0 aliphatic rings. The molecule has 0 bridgehead atoms. The van der Waals surface area contributed by atoms with Crippen molar-refractivity contribution in [2.45, 2.75) is 43.8 Å². The summed E-state index contributed by atoms with van der Waals surface area (Å²) in [6.45, 7) is 5.30. The third-order valence-corrected chi connectivity index (χ3v) is 5.11. The van der Waals surface area contributed by atoms with Crippen LogP contribution in [-0.4, -0.2) is 15.2 Å². The van der Waals surface area contributed by atoms with Gasteiger partial charge < -0.3 is 4.79 Å². The Morgan fingerprint density at radius 2 is 2.00 bits per heavy atom. The summed E-state index contributed by atoms with van der Waals surface area (Å²) < 4.78 is 24.5. The first-order valence-electron chi connectivity index (χ1n) is 6.18. The average Bonchev–Trinajstić information content (AvgIpc) is 2.31. The first-order valence-corrected chi connectivity index (χ1v) is 7.77. The molecular formula is C14H19ClFNO2S. The topological polar surface area (TPSA) is 60.2 Å². The largest absolute Gasteiger partial charge is 0.303 e. The maximum absolute atomic E-state index is 13.6. The van der Waals surface area contributed by atoms with Gasteiger partial charge in [0.05, 0.1) is 20.8 Å². The normalized spacial score (nSPS) is 16.5. The highest BCUT2D eigenvalue weighted by molar-refractivity contribution is 7.84. The maximum Gasteiger partial charge on any atom is 0.142 e. The van der Waals surface area contributed by atoms with Gasteiger partial charge in [-0.3, -0.25) is 5.14 Å². The second-order valence-electron chi connectivity index (χ2n) is 5.77. The predicted molar refractivity (Wildman–Crippen MR) is 80.5 cm³/mol. The van der Waals surface area contributed by atoms with Gasteiger partial charge >= 0.3 is 0 Å². The zero-order valence-corrected chi connectivity index (χ0v) is 13.4. The van der Waals surface area contributed by atoms with Crippen LogP contribution in [0.1, 0.15) is 39.2 Å². The number of rotatable bonds is 6. The van der Waals surface area contributed by atoms with E-state index < -0.39 is 27.0 Å². The molecule has 0 amide bonds. The molecular weight excluding hydrogens is 301 g/mol. The van der Waals surface area contributed by atoms with Crippen LogP contribution in [-0.2, 0) is 21.2 Å². The minimum atomic E-state index is -1.56. The van der Waals surface area contributed by atoms with Gasteiger partial charge in [-0.2, -0.15) is 0 Å². The standard InChI is InChI=1S/C14H19ClFNO2S/c1-13(2,20(17)19)9-14(3,7-8-18)10-5-4-6-11(16)12(10)15/h4-6,8H,7,9,17H2,1-3H3/t14-,20?/m0/s1. The highest BCUT2D eigenvalue weighted by atomic mass is 35.5. The molecule has 0 aliphatic heterocycles. The molecule has 1 aromatic rings. The SMILES string of the molecule is CC(C)(C[C@](C)(CC=O)c1cccc(F)c1Cl)S(N)=O. The molecule has 112 valence electrons. The minimum Gasteiger partial charge on any atom is -0.303 e. The molecule has 0 aliphatic carbocycles. The van der Waals surface area contributed by atoms with Gasteiger partial charge in [0.1, 0.15) is 12.1 Å². The van der Waals surface area contributed by atoms with Gasteiger partial charge in [0.15, 0.2) is 0 Å². The second kappa shape index (κ2) is 6.33. The van der Waals surface area contributed by atoms with E-state index >= 15 is 0 Å². The molecule has 0 aromatic heterocycles. The van der Waals surface area contributed by atoms with Crippen molar-refractivity contribution in [1.29, 1.82) is 0 Å². The molecule has 1 unspecified atom stereocenters. The third-order valence-electron chi connectivity index (χ3n) is 3.50. The Kier molecular flexibility index (Phi) is 5.46. The Hall–Kier alpha value is -0.780. The summed E-state index contributed by atoms with van der Waals surface area (Å²) in [5, 5.41) is 5.49. The Labute approximate surface area is 126 Å². The molecule has 20 heavy (non-hydrogen) atoms. The molecule has 0 saturated heterocycles. The monoisotopic (exact) mass is 319 g/mol. The lowest BCUT2D eigenvalue weighted by molar-refractivity contribution is -0.108. The van der Waals surface area contributed by atoms with Gasteiger partial charge in [0.25, 0.3) is 0 Å². The van der Waals surface area contributed by atoms with Crippen LogP contribution >= 0.6 is 11.6 Å². The molecule has 6 heteroatoms. The Balaban J connectivity index is 3.31. The summed E-state index contributed by atoms with van der Waals surface area (Å²) in [6, 6.07) is 4.50. The minimum absolute atomic E-state index is 0.00421. The van der Waals surface area contributed by atoms with Crippen molar-refractivity contribution in [2.24, 2.45) is 5.14 Å². The van der Waals surface area contributed by atoms with Crippen molar-refractivity contribution < 1.29 is 13.4 Å². The molecule has 0 saturated carbocycles. The summed E-state index contributed by atoms with van der Waals surface area (Å²) in [4.78, 5) is 11.0. The van der Waals surface area contributed by atoms with Gasteiger partial charge in [-0.1, -0.05) is 30.7 Å². The molecule has 1 rings (SSSR count). The molecule has 2 N–H and O–H groups in total. The maximum atomic E-state index is 13.6. The van der Waals surface area contributed by atoms with Gasteiger partial charge in [0, 0.05) is 11.8 Å². The van der Waals surface area contributed by atoms with Crippen LogP contribution in [0.15, 0.2) is 18.2 Å². The molecule has 3 nitrogen and oxygen atoms in total. The smallest absolute Gasteiger partial charge is 0.142 e. The fourth-order valence-corrected chi connectivity index (χ4v) is 3.26. The molecule has 0 radical (unpaired) electrons. The fourth-order valence-electron chi connectivity index (χ4n) is 2.44. The Bertz CT molecular complexity index is 536. The number of carbonyl (C=O) groups excluding carboxylic acids is 1. The average molecular weight is 320 g/mol. The fraction of sp³-hybridized carbons (Fsp3) is 0.500. The first-order chi connectivity index (χ1) is 9.14. The summed E-state index contributed by atoms with van der Waals surface area (Å²) in [5.41, 5.74) is -0.191.